The summed E-state index contributed by atoms with van der Waals surface area (Å²) in [5.41, 5.74) is 1.18. The molecule has 20 heavy (non-hydrogen) atoms. The third-order valence-electron chi connectivity index (χ3n) is 4.80. The quantitative estimate of drug-likeness (QED) is 0.844. The van der Waals surface area contributed by atoms with Crippen molar-refractivity contribution in [2.24, 2.45) is 5.92 Å². The molecule has 112 valence electrons. The highest BCUT2D eigenvalue weighted by Crippen LogP contribution is 2.34. The molecule has 1 aromatic heterocycles. The number of rotatable bonds is 4. The van der Waals surface area contributed by atoms with Crippen molar-refractivity contribution in [2.75, 3.05) is 26.9 Å². The van der Waals surface area contributed by atoms with E-state index in [4.69, 9.17) is 14.0 Å². The number of hydrogen-bond donors (Lipinski definition) is 0. The Labute approximate surface area is 120 Å². The largest absolute Gasteiger partial charge is 0.381 e. The summed E-state index contributed by atoms with van der Waals surface area (Å²) in [7, 11) is 1.83. The first kappa shape index (κ1) is 14.0. The van der Waals surface area contributed by atoms with Crippen LogP contribution < -0.4 is 0 Å². The van der Waals surface area contributed by atoms with Crippen molar-refractivity contribution in [1.29, 1.82) is 0 Å². The van der Waals surface area contributed by atoms with Crippen molar-refractivity contribution in [2.45, 2.75) is 44.9 Å². The summed E-state index contributed by atoms with van der Waals surface area (Å²) >= 11 is 0. The zero-order valence-electron chi connectivity index (χ0n) is 12.4. The lowest BCUT2D eigenvalue weighted by molar-refractivity contribution is -0.0609. The Morgan fingerprint density at radius 1 is 1.45 bits per heavy atom. The van der Waals surface area contributed by atoms with E-state index in [1.807, 2.05) is 20.2 Å². The van der Waals surface area contributed by atoms with Gasteiger partial charge in [0.25, 0.3) is 0 Å². The van der Waals surface area contributed by atoms with Gasteiger partial charge in [0, 0.05) is 37.7 Å². The molecule has 0 bridgehead atoms. The first-order valence-corrected chi connectivity index (χ1v) is 7.54. The molecular weight excluding hydrogens is 256 g/mol. The minimum Gasteiger partial charge on any atom is -0.381 e. The van der Waals surface area contributed by atoms with Crippen molar-refractivity contribution >= 4 is 0 Å². The number of ether oxygens (including phenoxy) is 2. The van der Waals surface area contributed by atoms with E-state index in [9.17, 15) is 0 Å². The molecule has 5 heteroatoms. The van der Waals surface area contributed by atoms with E-state index in [1.165, 1.54) is 24.8 Å². The van der Waals surface area contributed by atoms with Gasteiger partial charge in [0.15, 0.2) is 0 Å². The number of aryl methyl sites for hydroxylation is 1. The standard InChI is InChI=1S/C15H24N2O3/c1-11-12(8-16-20-11)9-17-6-7-19-10-14(17)13-4-3-5-15(13)18-2/h8,13-15H,3-7,9-10H2,1-2H3/t13-,14-,15-/m1/s1. The lowest BCUT2D eigenvalue weighted by Crippen LogP contribution is -2.50. The molecule has 0 amide bonds. The molecule has 3 rings (SSSR count). The Bertz CT molecular complexity index is 435. The average Bonchev–Trinajstić information content (AvgIpc) is 3.09. The van der Waals surface area contributed by atoms with Crippen molar-refractivity contribution in [1.82, 2.24) is 10.1 Å². The molecule has 0 spiro atoms. The van der Waals surface area contributed by atoms with Gasteiger partial charge >= 0.3 is 0 Å². The number of morpholine rings is 1. The maximum Gasteiger partial charge on any atom is 0.138 e. The van der Waals surface area contributed by atoms with Gasteiger partial charge in [-0.1, -0.05) is 11.6 Å². The first-order valence-electron chi connectivity index (χ1n) is 7.54. The van der Waals surface area contributed by atoms with Gasteiger partial charge in [-0.15, -0.1) is 0 Å². The Morgan fingerprint density at radius 2 is 2.35 bits per heavy atom. The van der Waals surface area contributed by atoms with Crippen LogP contribution in [0.25, 0.3) is 0 Å². The molecule has 0 radical (unpaired) electrons. The van der Waals surface area contributed by atoms with E-state index >= 15 is 0 Å². The third-order valence-corrected chi connectivity index (χ3v) is 4.80. The van der Waals surface area contributed by atoms with Crippen LogP contribution in [0.5, 0.6) is 0 Å². The SMILES string of the molecule is CO[C@@H]1CCC[C@@H]1[C@H]1COCCN1Cc1cnoc1C. The van der Waals surface area contributed by atoms with Gasteiger partial charge in [-0.05, 0) is 19.8 Å². The highest BCUT2D eigenvalue weighted by Gasteiger charge is 2.38. The van der Waals surface area contributed by atoms with Gasteiger partial charge in [0.05, 0.1) is 25.5 Å². The molecule has 0 N–H and O–H groups in total. The second-order valence-electron chi connectivity index (χ2n) is 5.89. The summed E-state index contributed by atoms with van der Waals surface area (Å²) in [6.07, 6.45) is 5.90. The van der Waals surface area contributed by atoms with Crippen molar-refractivity contribution < 1.29 is 14.0 Å². The van der Waals surface area contributed by atoms with Crippen LogP contribution in [-0.2, 0) is 16.0 Å². The predicted molar refractivity (Wildman–Crippen MR) is 74.4 cm³/mol. The zero-order chi connectivity index (χ0) is 13.9. The molecule has 1 saturated heterocycles. The lowest BCUT2D eigenvalue weighted by atomic mass is 9.93. The van der Waals surface area contributed by atoms with Crippen LogP contribution in [0.15, 0.2) is 10.7 Å². The summed E-state index contributed by atoms with van der Waals surface area (Å²) < 4.78 is 16.6. The van der Waals surface area contributed by atoms with E-state index in [0.29, 0.717) is 18.1 Å². The Morgan fingerprint density at radius 3 is 3.10 bits per heavy atom. The van der Waals surface area contributed by atoms with Gasteiger partial charge < -0.3 is 14.0 Å². The highest BCUT2D eigenvalue weighted by atomic mass is 16.5. The molecule has 2 heterocycles. The Balaban J connectivity index is 1.72. The van der Waals surface area contributed by atoms with Crippen LogP contribution >= 0.6 is 0 Å². The summed E-state index contributed by atoms with van der Waals surface area (Å²) in [6.45, 7) is 5.48. The van der Waals surface area contributed by atoms with Gasteiger partial charge in [-0.3, -0.25) is 4.90 Å². The molecular formula is C15H24N2O3. The molecule has 1 aliphatic carbocycles. The highest BCUT2D eigenvalue weighted by molar-refractivity contribution is 5.12. The van der Waals surface area contributed by atoms with E-state index in [1.54, 1.807) is 0 Å². The fourth-order valence-corrected chi connectivity index (χ4v) is 3.62. The van der Waals surface area contributed by atoms with Gasteiger partial charge in [0.1, 0.15) is 5.76 Å². The van der Waals surface area contributed by atoms with Crippen LogP contribution in [0.2, 0.25) is 0 Å². The molecule has 1 saturated carbocycles. The molecule has 2 aliphatic rings. The molecule has 3 atom stereocenters. The van der Waals surface area contributed by atoms with Crippen molar-refractivity contribution in [3.63, 3.8) is 0 Å². The van der Waals surface area contributed by atoms with E-state index in [2.05, 4.69) is 10.1 Å². The minimum atomic E-state index is 0.382. The fraction of sp³-hybridized carbons (Fsp3) is 0.800. The van der Waals surface area contributed by atoms with Crippen LogP contribution in [0.1, 0.15) is 30.6 Å². The number of hydrogen-bond acceptors (Lipinski definition) is 5. The third kappa shape index (κ3) is 2.75. The Kier molecular flexibility index (Phi) is 4.38. The van der Waals surface area contributed by atoms with Crippen molar-refractivity contribution in [3.8, 4) is 0 Å². The van der Waals surface area contributed by atoms with Crippen molar-refractivity contribution in [3.05, 3.63) is 17.5 Å². The van der Waals surface area contributed by atoms with Crippen LogP contribution in [0.4, 0.5) is 0 Å². The summed E-state index contributed by atoms with van der Waals surface area (Å²) in [4.78, 5) is 2.52. The van der Waals surface area contributed by atoms with Crippen LogP contribution in [-0.4, -0.2) is 49.1 Å². The molecule has 1 aromatic rings. The summed E-state index contributed by atoms with van der Waals surface area (Å²) in [6, 6.07) is 0.450. The monoisotopic (exact) mass is 280 g/mol. The number of nitrogens with zero attached hydrogens (tertiary/aromatic N) is 2. The van der Waals surface area contributed by atoms with E-state index in [-0.39, 0.29) is 0 Å². The maximum absolute atomic E-state index is 5.73. The molecule has 1 aliphatic heterocycles. The average molecular weight is 280 g/mol. The lowest BCUT2D eigenvalue weighted by Gasteiger charge is -2.40. The molecule has 5 nitrogen and oxygen atoms in total. The van der Waals surface area contributed by atoms with Gasteiger partial charge in [-0.2, -0.15) is 0 Å². The summed E-state index contributed by atoms with van der Waals surface area (Å²) in [5.74, 6) is 1.51. The second-order valence-corrected chi connectivity index (χ2v) is 5.89. The predicted octanol–water partition coefficient (Wildman–Crippen LogP) is 2.00. The number of methoxy groups -OCH3 is 1. The smallest absolute Gasteiger partial charge is 0.138 e. The maximum atomic E-state index is 5.73. The molecule has 2 fully saturated rings. The second kappa shape index (κ2) is 6.24. The Hall–Kier alpha value is -0.910. The van der Waals surface area contributed by atoms with Crippen LogP contribution in [0, 0.1) is 12.8 Å². The normalized spacial score (nSPS) is 31.8. The minimum absolute atomic E-state index is 0.382. The van der Waals surface area contributed by atoms with E-state index in [0.717, 1.165) is 32.1 Å². The van der Waals surface area contributed by atoms with Gasteiger partial charge in [-0.25, -0.2) is 0 Å². The zero-order valence-corrected chi connectivity index (χ0v) is 12.4. The summed E-state index contributed by atoms with van der Waals surface area (Å²) in [5, 5.41) is 3.88. The topological polar surface area (TPSA) is 47.7 Å². The van der Waals surface area contributed by atoms with Crippen LogP contribution in [0.3, 0.4) is 0 Å². The first-order chi connectivity index (χ1) is 9.79. The molecule has 0 aromatic carbocycles. The number of aromatic nitrogens is 1. The van der Waals surface area contributed by atoms with E-state index < -0.39 is 0 Å². The molecule has 0 unspecified atom stereocenters. The van der Waals surface area contributed by atoms with Gasteiger partial charge in [0.2, 0.25) is 0 Å². The fourth-order valence-electron chi connectivity index (χ4n) is 3.62.